The van der Waals surface area contributed by atoms with Gasteiger partial charge in [0.05, 0.1) is 11.6 Å². The molecule has 0 unspecified atom stereocenters. The molecule has 2 rings (SSSR count). The molecule has 0 atom stereocenters. The van der Waals surface area contributed by atoms with Crippen LogP contribution in [-0.2, 0) is 9.53 Å². The largest absolute Gasteiger partial charge is 0.490 e. The lowest BCUT2D eigenvalue weighted by molar-refractivity contribution is -0.120. The van der Waals surface area contributed by atoms with E-state index in [4.69, 9.17) is 21.1 Å². The van der Waals surface area contributed by atoms with Crippen molar-refractivity contribution in [1.29, 1.82) is 0 Å². The van der Waals surface area contributed by atoms with E-state index >= 15 is 0 Å². The lowest BCUT2D eigenvalue weighted by atomic mass is 9.97. The van der Waals surface area contributed by atoms with Crippen molar-refractivity contribution in [3.05, 3.63) is 23.2 Å². The molecule has 0 bridgehead atoms. The maximum absolute atomic E-state index is 12.1. The van der Waals surface area contributed by atoms with Crippen LogP contribution in [0.5, 0.6) is 5.75 Å². The Kier molecular flexibility index (Phi) is 8.56. The van der Waals surface area contributed by atoms with Crippen LogP contribution in [0.3, 0.4) is 0 Å². The summed E-state index contributed by atoms with van der Waals surface area (Å²) in [5.41, 5.74) is 0.697. The van der Waals surface area contributed by atoms with Gasteiger partial charge in [-0.1, -0.05) is 11.6 Å². The summed E-state index contributed by atoms with van der Waals surface area (Å²) < 4.78 is 10.4. The third kappa shape index (κ3) is 5.65. The Labute approximate surface area is 142 Å². The van der Waals surface area contributed by atoms with Gasteiger partial charge in [0.2, 0.25) is 5.91 Å². The van der Waals surface area contributed by atoms with Crippen LogP contribution in [0, 0.1) is 5.92 Å². The summed E-state index contributed by atoms with van der Waals surface area (Å²) in [6.07, 6.45) is 1.75. The number of amides is 1. The third-order valence-corrected chi connectivity index (χ3v) is 3.75. The molecule has 124 valence electrons. The van der Waals surface area contributed by atoms with Crippen molar-refractivity contribution in [3.8, 4) is 5.75 Å². The predicted octanol–water partition coefficient (Wildman–Crippen LogP) is 2.73. The van der Waals surface area contributed by atoms with Crippen LogP contribution in [0.4, 0.5) is 5.69 Å². The number of rotatable bonds is 6. The maximum Gasteiger partial charge on any atom is 0.227 e. The number of carbonyl (C=O) groups excluding carboxylic acids is 1. The van der Waals surface area contributed by atoms with Gasteiger partial charge in [0.1, 0.15) is 12.4 Å². The number of methoxy groups -OCH3 is 1. The van der Waals surface area contributed by atoms with Crippen LogP contribution >= 0.6 is 24.0 Å². The van der Waals surface area contributed by atoms with Crippen molar-refractivity contribution in [2.45, 2.75) is 12.8 Å². The number of carbonyl (C=O) groups is 1. The molecule has 7 heteroatoms. The molecule has 1 heterocycles. The van der Waals surface area contributed by atoms with Gasteiger partial charge < -0.3 is 20.1 Å². The molecule has 0 saturated carbocycles. The molecule has 22 heavy (non-hydrogen) atoms. The summed E-state index contributed by atoms with van der Waals surface area (Å²) in [6, 6.07) is 5.27. The molecule has 1 aliphatic rings. The second kappa shape index (κ2) is 9.90. The minimum absolute atomic E-state index is 0. The minimum Gasteiger partial charge on any atom is -0.490 e. The Morgan fingerprint density at radius 3 is 2.73 bits per heavy atom. The van der Waals surface area contributed by atoms with Crippen molar-refractivity contribution >= 4 is 35.6 Å². The molecule has 2 N–H and O–H groups in total. The zero-order valence-electron chi connectivity index (χ0n) is 12.6. The average Bonchev–Trinajstić information content (AvgIpc) is 2.50. The molecule has 5 nitrogen and oxygen atoms in total. The minimum atomic E-state index is 0. The van der Waals surface area contributed by atoms with Crippen LogP contribution in [0.2, 0.25) is 5.02 Å². The molecule has 1 saturated heterocycles. The van der Waals surface area contributed by atoms with Crippen molar-refractivity contribution < 1.29 is 14.3 Å². The number of hydrogen-bond donors (Lipinski definition) is 2. The van der Waals surface area contributed by atoms with Crippen LogP contribution in [0.1, 0.15) is 12.8 Å². The van der Waals surface area contributed by atoms with Gasteiger partial charge in [-0.2, -0.15) is 0 Å². The Bertz CT molecular complexity index is 480. The van der Waals surface area contributed by atoms with E-state index in [0.717, 1.165) is 25.9 Å². The molecule has 1 aliphatic heterocycles. The first-order chi connectivity index (χ1) is 10.2. The molecule has 0 aromatic heterocycles. The number of nitrogens with one attached hydrogen (secondary N) is 2. The summed E-state index contributed by atoms with van der Waals surface area (Å²) >= 11 is 6.15. The van der Waals surface area contributed by atoms with Gasteiger partial charge in [0.15, 0.2) is 0 Å². The van der Waals surface area contributed by atoms with Gasteiger partial charge >= 0.3 is 0 Å². The number of hydrogen-bond acceptors (Lipinski definition) is 4. The van der Waals surface area contributed by atoms with Crippen molar-refractivity contribution in [2.75, 3.05) is 38.7 Å². The third-order valence-electron chi connectivity index (χ3n) is 3.45. The van der Waals surface area contributed by atoms with Gasteiger partial charge in [-0.05, 0) is 44.1 Å². The van der Waals surface area contributed by atoms with E-state index in [1.165, 1.54) is 0 Å². The van der Waals surface area contributed by atoms with Crippen LogP contribution in [0.25, 0.3) is 0 Å². The smallest absolute Gasteiger partial charge is 0.227 e. The Morgan fingerprint density at radius 1 is 1.36 bits per heavy atom. The van der Waals surface area contributed by atoms with Gasteiger partial charge in [0.25, 0.3) is 0 Å². The molecule has 0 radical (unpaired) electrons. The lowest BCUT2D eigenvalue weighted by Gasteiger charge is -2.21. The fraction of sp³-hybridized carbons (Fsp3) is 0.533. The van der Waals surface area contributed by atoms with Crippen molar-refractivity contribution in [2.24, 2.45) is 5.92 Å². The molecule has 1 amide bonds. The van der Waals surface area contributed by atoms with Crippen molar-refractivity contribution in [1.82, 2.24) is 5.32 Å². The quantitative estimate of drug-likeness (QED) is 0.776. The zero-order chi connectivity index (χ0) is 15.1. The highest BCUT2D eigenvalue weighted by Gasteiger charge is 2.21. The Morgan fingerprint density at radius 2 is 2.09 bits per heavy atom. The topological polar surface area (TPSA) is 59.6 Å². The van der Waals surface area contributed by atoms with E-state index in [1.54, 1.807) is 25.3 Å². The maximum atomic E-state index is 12.1. The Balaban J connectivity index is 0.00000242. The zero-order valence-corrected chi connectivity index (χ0v) is 14.1. The van der Waals surface area contributed by atoms with E-state index < -0.39 is 0 Å². The number of benzene rings is 1. The SMILES string of the molecule is COCCOc1ccc(NC(=O)C2CCNCC2)cc1Cl.Cl. The molecule has 0 spiro atoms. The molecule has 1 fully saturated rings. The number of ether oxygens (including phenoxy) is 2. The summed E-state index contributed by atoms with van der Waals surface area (Å²) in [4.78, 5) is 12.1. The summed E-state index contributed by atoms with van der Waals surface area (Å²) in [5, 5.41) is 6.64. The fourth-order valence-electron chi connectivity index (χ4n) is 2.26. The summed E-state index contributed by atoms with van der Waals surface area (Å²) in [6.45, 7) is 2.73. The molecule has 0 aliphatic carbocycles. The Hall–Kier alpha value is -1.01. The monoisotopic (exact) mass is 348 g/mol. The van der Waals surface area contributed by atoms with Crippen LogP contribution in [0.15, 0.2) is 18.2 Å². The number of halogens is 2. The standard InChI is InChI=1S/C15H21ClN2O3.ClH/c1-20-8-9-21-14-3-2-12(10-13(14)16)18-15(19)11-4-6-17-7-5-11;/h2-3,10-11,17H,4-9H2,1H3,(H,18,19);1H. The average molecular weight is 349 g/mol. The number of anilines is 1. The fourth-order valence-corrected chi connectivity index (χ4v) is 2.49. The summed E-state index contributed by atoms with van der Waals surface area (Å²) in [7, 11) is 1.62. The van der Waals surface area contributed by atoms with Gasteiger partial charge in [-0.3, -0.25) is 4.79 Å². The van der Waals surface area contributed by atoms with Gasteiger partial charge in [0, 0.05) is 18.7 Å². The van der Waals surface area contributed by atoms with E-state index in [2.05, 4.69) is 10.6 Å². The van der Waals surface area contributed by atoms with Gasteiger partial charge in [-0.25, -0.2) is 0 Å². The van der Waals surface area contributed by atoms with Gasteiger partial charge in [-0.15, -0.1) is 12.4 Å². The molecular formula is C15H22Cl2N2O3. The van der Waals surface area contributed by atoms with E-state index in [1.807, 2.05) is 0 Å². The summed E-state index contributed by atoms with van der Waals surface area (Å²) in [5.74, 6) is 0.719. The molecule has 1 aromatic rings. The molecule has 1 aromatic carbocycles. The number of piperidine rings is 1. The predicted molar refractivity (Wildman–Crippen MR) is 90.3 cm³/mol. The molecular weight excluding hydrogens is 327 g/mol. The second-order valence-electron chi connectivity index (χ2n) is 5.00. The first-order valence-corrected chi connectivity index (χ1v) is 7.51. The first kappa shape index (κ1) is 19.0. The van der Waals surface area contributed by atoms with E-state index in [-0.39, 0.29) is 24.2 Å². The van der Waals surface area contributed by atoms with Crippen LogP contribution < -0.4 is 15.4 Å². The highest BCUT2D eigenvalue weighted by molar-refractivity contribution is 6.32. The normalized spacial score (nSPS) is 15.0. The first-order valence-electron chi connectivity index (χ1n) is 7.13. The highest BCUT2D eigenvalue weighted by Crippen LogP contribution is 2.28. The van der Waals surface area contributed by atoms with Crippen LogP contribution in [-0.4, -0.2) is 39.3 Å². The lowest BCUT2D eigenvalue weighted by Crippen LogP contribution is -2.34. The van der Waals surface area contributed by atoms with E-state index in [0.29, 0.717) is 29.7 Å². The van der Waals surface area contributed by atoms with Crippen molar-refractivity contribution in [3.63, 3.8) is 0 Å². The van der Waals surface area contributed by atoms with E-state index in [9.17, 15) is 4.79 Å². The highest BCUT2D eigenvalue weighted by atomic mass is 35.5. The second-order valence-corrected chi connectivity index (χ2v) is 5.41.